The van der Waals surface area contributed by atoms with Crippen molar-refractivity contribution in [1.82, 2.24) is 0 Å². The first-order valence-electron chi connectivity index (χ1n) is 5.65. The molecule has 0 saturated carbocycles. The molecule has 0 amide bonds. The van der Waals surface area contributed by atoms with Crippen LogP contribution in [0.25, 0.3) is 0 Å². The van der Waals surface area contributed by atoms with Crippen molar-refractivity contribution in [2.45, 2.75) is 35.8 Å². The van der Waals surface area contributed by atoms with Crippen molar-refractivity contribution in [3.63, 3.8) is 0 Å². The number of hydrogen-bond donors (Lipinski definition) is 1. The molecule has 0 aliphatic carbocycles. The van der Waals surface area contributed by atoms with Crippen LogP contribution in [0.5, 0.6) is 0 Å². The van der Waals surface area contributed by atoms with E-state index in [1.807, 2.05) is 0 Å². The lowest BCUT2D eigenvalue weighted by molar-refractivity contribution is -0.437. The van der Waals surface area contributed by atoms with E-state index in [4.69, 9.17) is 4.55 Å². The molecule has 0 saturated heterocycles. The van der Waals surface area contributed by atoms with Crippen LogP contribution in [0.4, 0.5) is 61.5 Å². The highest BCUT2D eigenvalue weighted by Crippen LogP contribution is 2.61. The van der Waals surface area contributed by atoms with Gasteiger partial charge in [0.15, 0.2) is 5.83 Å². The third kappa shape index (κ3) is 4.09. The van der Waals surface area contributed by atoms with Crippen LogP contribution in [0, 0.1) is 0 Å². The molecule has 0 aliphatic rings. The quantitative estimate of drug-likeness (QED) is 0.453. The summed E-state index contributed by atoms with van der Waals surface area (Å²) < 4.78 is 206. The first-order chi connectivity index (χ1) is 11.4. The standard InChI is InChI=1S/C9H4F14O3S/c10-3(1-2-27(24,25)26)4(11,12)5(13,14)6(15,16)7(17,18)8(19,20)9(21,22)23/h1H,2H2,(H,24,25,26). The molecule has 0 rings (SSSR count). The summed E-state index contributed by atoms with van der Waals surface area (Å²) in [5.41, 5.74) is 0. The molecule has 0 aromatic carbocycles. The van der Waals surface area contributed by atoms with Crippen LogP contribution >= 0.6 is 0 Å². The van der Waals surface area contributed by atoms with E-state index in [0.29, 0.717) is 0 Å². The summed E-state index contributed by atoms with van der Waals surface area (Å²) >= 11 is 0. The maximum atomic E-state index is 13.1. The minimum absolute atomic E-state index is 1.22. The summed E-state index contributed by atoms with van der Waals surface area (Å²) in [6, 6.07) is 0. The van der Waals surface area contributed by atoms with E-state index < -0.39 is 63.6 Å². The Morgan fingerprint density at radius 3 is 1.33 bits per heavy atom. The third-order valence-corrected chi connectivity index (χ3v) is 3.29. The Morgan fingerprint density at radius 1 is 0.704 bits per heavy atom. The molecular weight excluding hydrogens is 454 g/mol. The molecule has 27 heavy (non-hydrogen) atoms. The molecule has 0 atom stereocenters. The van der Waals surface area contributed by atoms with E-state index in [1.165, 1.54) is 0 Å². The van der Waals surface area contributed by atoms with Gasteiger partial charge in [-0.15, -0.1) is 0 Å². The highest BCUT2D eigenvalue weighted by atomic mass is 32.2. The van der Waals surface area contributed by atoms with Gasteiger partial charge in [-0.1, -0.05) is 0 Å². The molecule has 0 spiro atoms. The van der Waals surface area contributed by atoms with Gasteiger partial charge in [0.1, 0.15) is 0 Å². The van der Waals surface area contributed by atoms with Gasteiger partial charge in [0.05, 0.1) is 5.75 Å². The summed E-state index contributed by atoms with van der Waals surface area (Å²) in [7, 11) is -5.43. The van der Waals surface area contributed by atoms with Gasteiger partial charge < -0.3 is 0 Å². The highest BCUT2D eigenvalue weighted by molar-refractivity contribution is 7.85. The Morgan fingerprint density at radius 2 is 1.04 bits per heavy atom. The van der Waals surface area contributed by atoms with Gasteiger partial charge in [0.25, 0.3) is 10.1 Å². The zero-order chi connectivity index (χ0) is 22.5. The van der Waals surface area contributed by atoms with Gasteiger partial charge in [-0.05, 0) is 6.08 Å². The monoisotopic (exact) mass is 458 g/mol. The predicted molar refractivity (Wildman–Crippen MR) is 56.4 cm³/mol. The number of alkyl halides is 13. The van der Waals surface area contributed by atoms with Crippen LogP contribution in [-0.4, -0.2) is 54.5 Å². The number of hydrogen-bond acceptors (Lipinski definition) is 2. The van der Waals surface area contributed by atoms with Gasteiger partial charge >= 0.3 is 35.8 Å². The van der Waals surface area contributed by atoms with Gasteiger partial charge in [-0.25, -0.2) is 4.39 Å². The molecule has 0 fully saturated rings. The first kappa shape index (κ1) is 25.7. The summed E-state index contributed by atoms with van der Waals surface area (Å²) in [5.74, 6) is -45.7. The Kier molecular flexibility index (Phi) is 6.30. The fraction of sp³-hybridized carbons (Fsp3) is 0.778. The van der Waals surface area contributed by atoms with Crippen molar-refractivity contribution in [3.8, 4) is 0 Å². The summed E-state index contributed by atoms with van der Waals surface area (Å²) in [6.45, 7) is 0. The number of rotatable bonds is 7. The number of halogens is 14. The highest BCUT2D eigenvalue weighted by Gasteiger charge is 2.91. The third-order valence-electron chi connectivity index (χ3n) is 2.71. The van der Waals surface area contributed by atoms with Crippen molar-refractivity contribution in [1.29, 1.82) is 0 Å². The normalized spacial score (nSPS) is 16.6. The Bertz CT molecular complexity index is 689. The van der Waals surface area contributed by atoms with Crippen molar-refractivity contribution in [2.75, 3.05) is 5.75 Å². The maximum absolute atomic E-state index is 13.1. The zero-order valence-corrected chi connectivity index (χ0v) is 12.6. The van der Waals surface area contributed by atoms with Crippen LogP contribution < -0.4 is 0 Å². The van der Waals surface area contributed by atoms with E-state index in [0.717, 1.165) is 0 Å². The molecule has 0 radical (unpaired) electrons. The van der Waals surface area contributed by atoms with Crippen LogP contribution in [-0.2, 0) is 10.1 Å². The molecule has 0 aromatic heterocycles. The second-order valence-electron chi connectivity index (χ2n) is 4.67. The molecular formula is C9H4F14O3S. The summed E-state index contributed by atoms with van der Waals surface area (Å²) in [5, 5.41) is 0. The van der Waals surface area contributed by atoms with Crippen molar-refractivity contribution in [2.24, 2.45) is 0 Å². The average Bonchev–Trinajstić information content (AvgIpc) is 2.41. The van der Waals surface area contributed by atoms with Crippen LogP contribution in [0.2, 0.25) is 0 Å². The van der Waals surface area contributed by atoms with Crippen LogP contribution in [0.15, 0.2) is 11.9 Å². The molecule has 0 heterocycles. The van der Waals surface area contributed by atoms with E-state index in [1.54, 1.807) is 0 Å². The van der Waals surface area contributed by atoms with E-state index >= 15 is 0 Å². The van der Waals surface area contributed by atoms with Crippen LogP contribution in [0.1, 0.15) is 0 Å². The summed E-state index contributed by atoms with van der Waals surface area (Å²) in [6.07, 6.45) is -8.83. The Labute approximate surface area is 139 Å². The van der Waals surface area contributed by atoms with Gasteiger partial charge in [0.2, 0.25) is 0 Å². The molecule has 162 valence electrons. The lowest BCUT2D eigenvalue weighted by Crippen LogP contribution is -2.70. The van der Waals surface area contributed by atoms with Gasteiger partial charge in [-0.3, -0.25) is 4.55 Å². The fourth-order valence-electron chi connectivity index (χ4n) is 1.23. The SMILES string of the molecule is O=S(=O)(O)CC=C(F)C(F)(F)C(F)(F)C(F)(F)C(F)(F)C(F)(F)C(F)(F)F. The molecule has 1 N–H and O–H groups in total. The minimum atomic E-state index is -8.20. The van der Waals surface area contributed by atoms with E-state index in [2.05, 4.69) is 0 Å². The second kappa shape index (κ2) is 6.63. The van der Waals surface area contributed by atoms with Crippen LogP contribution in [0.3, 0.4) is 0 Å². The second-order valence-corrected chi connectivity index (χ2v) is 6.17. The smallest absolute Gasteiger partial charge is 0.285 e. The molecule has 3 nitrogen and oxygen atoms in total. The topological polar surface area (TPSA) is 54.4 Å². The molecule has 18 heteroatoms. The van der Waals surface area contributed by atoms with Crippen molar-refractivity contribution >= 4 is 10.1 Å². The first-order valence-corrected chi connectivity index (χ1v) is 7.26. The predicted octanol–water partition coefficient (Wildman–Crippen LogP) is 4.47. The van der Waals surface area contributed by atoms with E-state index in [-0.39, 0.29) is 0 Å². The maximum Gasteiger partial charge on any atom is 0.460 e. The van der Waals surface area contributed by atoms with Gasteiger partial charge in [0, 0.05) is 0 Å². The molecule has 0 aliphatic heterocycles. The van der Waals surface area contributed by atoms with Crippen molar-refractivity contribution in [3.05, 3.63) is 11.9 Å². The largest absolute Gasteiger partial charge is 0.460 e. The van der Waals surface area contributed by atoms with Crippen molar-refractivity contribution < 1.29 is 74.4 Å². The number of allylic oxidation sites excluding steroid dienone is 1. The Hall–Kier alpha value is -1.33. The summed E-state index contributed by atoms with van der Waals surface area (Å²) in [4.78, 5) is 0. The average molecular weight is 458 g/mol. The van der Waals surface area contributed by atoms with E-state index in [9.17, 15) is 69.9 Å². The molecule has 0 unspecified atom stereocenters. The lowest BCUT2D eigenvalue weighted by atomic mass is 9.93. The minimum Gasteiger partial charge on any atom is -0.285 e. The molecule has 0 bridgehead atoms. The Balaban J connectivity index is 6.39. The fourth-order valence-corrected chi connectivity index (χ4v) is 1.58. The van der Waals surface area contributed by atoms with Gasteiger partial charge in [-0.2, -0.15) is 65.5 Å². The molecule has 0 aromatic rings. The zero-order valence-electron chi connectivity index (χ0n) is 11.7. The lowest BCUT2D eigenvalue weighted by Gasteiger charge is -2.39.